The fourth-order valence-electron chi connectivity index (χ4n) is 2.09. The highest BCUT2D eigenvalue weighted by atomic mass is 16.5. The van der Waals surface area contributed by atoms with E-state index in [1.54, 1.807) is 13.2 Å². The maximum Gasteiger partial charge on any atom is 0.160 e. The van der Waals surface area contributed by atoms with Crippen LogP contribution in [0.5, 0.6) is 11.5 Å². The topological polar surface area (TPSA) is 32.7 Å². The lowest BCUT2D eigenvalue weighted by molar-refractivity contribution is 0.182. The first-order valence-corrected chi connectivity index (χ1v) is 6.32. The zero-order valence-corrected chi connectivity index (χ0v) is 12.3. The van der Waals surface area contributed by atoms with Crippen molar-refractivity contribution in [2.45, 2.75) is 33.7 Å². The van der Waals surface area contributed by atoms with Gasteiger partial charge in [-0.3, -0.25) is 4.90 Å². The van der Waals surface area contributed by atoms with Crippen molar-refractivity contribution >= 4 is 0 Å². The minimum atomic E-state index is 0.187. The molecule has 1 aromatic carbocycles. The van der Waals surface area contributed by atoms with Gasteiger partial charge in [0.05, 0.1) is 7.11 Å². The quantitative estimate of drug-likeness (QED) is 0.889. The highest BCUT2D eigenvalue weighted by Crippen LogP contribution is 2.31. The number of benzene rings is 1. The molecular weight excluding hydrogens is 226 g/mol. The molecule has 0 aliphatic heterocycles. The van der Waals surface area contributed by atoms with Crippen molar-refractivity contribution in [1.82, 2.24) is 4.90 Å². The molecule has 1 aromatic rings. The Morgan fingerprint density at radius 2 is 1.94 bits per heavy atom. The van der Waals surface area contributed by atoms with Gasteiger partial charge < -0.3 is 9.84 Å². The minimum absolute atomic E-state index is 0.187. The van der Waals surface area contributed by atoms with Crippen LogP contribution in [0, 0.1) is 5.41 Å². The lowest BCUT2D eigenvalue weighted by Crippen LogP contribution is -2.31. The van der Waals surface area contributed by atoms with Gasteiger partial charge >= 0.3 is 0 Å². The van der Waals surface area contributed by atoms with Crippen LogP contribution in [0.2, 0.25) is 0 Å². The van der Waals surface area contributed by atoms with Gasteiger partial charge in [-0.1, -0.05) is 26.8 Å². The molecule has 0 saturated carbocycles. The highest BCUT2D eigenvalue weighted by molar-refractivity contribution is 5.42. The second-order valence-corrected chi connectivity index (χ2v) is 6.08. The number of rotatable bonds is 4. The Labute approximate surface area is 110 Å². The summed E-state index contributed by atoms with van der Waals surface area (Å²) in [4.78, 5) is 2.31. The molecule has 0 aliphatic rings. The molecule has 0 fully saturated rings. The van der Waals surface area contributed by atoms with Crippen LogP contribution in [0.4, 0.5) is 0 Å². The summed E-state index contributed by atoms with van der Waals surface area (Å²) in [5.41, 5.74) is 1.42. The molecule has 0 saturated heterocycles. The van der Waals surface area contributed by atoms with Gasteiger partial charge in [0.15, 0.2) is 11.5 Å². The Kier molecular flexibility index (Phi) is 4.63. The lowest BCUT2D eigenvalue weighted by Gasteiger charge is -2.31. The van der Waals surface area contributed by atoms with Crippen LogP contribution in [0.15, 0.2) is 18.2 Å². The Morgan fingerprint density at radius 3 is 2.44 bits per heavy atom. The Hall–Kier alpha value is -1.22. The molecule has 0 amide bonds. The summed E-state index contributed by atoms with van der Waals surface area (Å²) in [5, 5.41) is 9.60. The maximum absolute atomic E-state index is 9.60. The van der Waals surface area contributed by atoms with Crippen LogP contribution in [-0.4, -0.2) is 30.7 Å². The van der Waals surface area contributed by atoms with E-state index in [1.807, 2.05) is 12.1 Å². The number of nitrogens with zero attached hydrogens (tertiary/aromatic N) is 1. The zero-order chi connectivity index (χ0) is 13.9. The van der Waals surface area contributed by atoms with E-state index in [2.05, 4.69) is 39.6 Å². The average molecular weight is 251 g/mol. The van der Waals surface area contributed by atoms with Crippen LogP contribution < -0.4 is 4.74 Å². The summed E-state index contributed by atoms with van der Waals surface area (Å²) in [6, 6.07) is 5.83. The molecule has 0 aromatic heterocycles. The number of ether oxygens (including phenoxy) is 1. The minimum Gasteiger partial charge on any atom is -0.504 e. The van der Waals surface area contributed by atoms with Crippen molar-refractivity contribution in [3.05, 3.63) is 23.8 Å². The zero-order valence-electron chi connectivity index (χ0n) is 12.3. The number of hydrogen-bond donors (Lipinski definition) is 1. The molecular formula is C15H25NO2. The van der Waals surface area contributed by atoms with Gasteiger partial charge in [0.25, 0.3) is 0 Å². The van der Waals surface area contributed by atoms with E-state index >= 15 is 0 Å². The molecule has 1 rings (SSSR count). The molecule has 1 unspecified atom stereocenters. The molecule has 0 aliphatic carbocycles. The van der Waals surface area contributed by atoms with E-state index < -0.39 is 0 Å². The van der Waals surface area contributed by atoms with Gasteiger partial charge in [-0.25, -0.2) is 0 Å². The molecule has 0 heterocycles. The maximum atomic E-state index is 9.60. The monoisotopic (exact) mass is 251 g/mol. The van der Waals surface area contributed by atoms with Crippen molar-refractivity contribution in [3.8, 4) is 11.5 Å². The molecule has 3 nitrogen and oxygen atoms in total. The summed E-state index contributed by atoms with van der Waals surface area (Å²) in [6.07, 6.45) is 0. The van der Waals surface area contributed by atoms with Crippen molar-refractivity contribution < 1.29 is 9.84 Å². The first-order valence-electron chi connectivity index (χ1n) is 6.32. The SMILES string of the molecule is COc1cc(C(C)N(C)CC(C)(C)C)ccc1O. The third kappa shape index (κ3) is 3.91. The van der Waals surface area contributed by atoms with Gasteiger partial charge in [-0.2, -0.15) is 0 Å². The van der Waals surface area contributed by atoms with Crippen LogP contribution in [0.3, 0.4) is 0 Å². The summed E-state index contributed by atoms with van der Waals surface area (Å²) < 4.78 is 5.15. The number of hydrogen-bond acceptors (Lipinski definition) is 3. The first-order chi connectivity index (χ1) is 8.24. The summed E-state index contributed by atoms with van der Waals surface area (Å²) in [5.74, 6) is 0.718. The molecule has 0 radical (unpaired) electrons. The summed E-state index contributed by atoms with van der Waals surface area (Å²) in [7, 11) is 3.69. The van der Waals surface area contributed by atoms with Crippen molar-refractivity contribution in [1.29, 1.82) is 0 Å². The third-order valence-corrected chi connectivity index (χ3v) is 3.07. The molecule has 18 heavy (non-hydrogen) atoms. The van der Waals surface area contributed by atoms with Gasteiger partial charge in [0.2, 0.25) is 0 Å². The Bertz CT molecular complexity index is 396. The molecule has 0 spiro atoms. The van der Waals surface area contributed by atoms with Gasteiger partial charge in [0, 0.05) is 12.6 Å². The van der Waals surface area contributed by atoms with E-state index in [4.69, 9.17) is 4.74 Å². The third-order valence-electron chi connectivity index (χ3n) is 3.07. The summed E-state index contributed by atoms with van der Waals surface area (Å²) >= 11 is 0. The Morgan fingerprint density at radius 1 is 1.33 bits per heavy atom. The predicted molar refractivity (Wildman–Crippen MR) is 75.2 cm³/mol. The number of phenols is 1. The largest absolute Gasteiger partial charge is 0.504 e. The van der Waals surface area contributed by atoms with E-state index in [9.17, 15) is 5.11 Å². The normalized spacial score (nSPS) is 13.7. The van der Waals surface area contributed by atoms with E-state index in [0.717, 1.165) is 12.1 Å². The van der Waals surface area contributed by atoms with E-state index in [1.165, 1.54) is 0 Å². The second-order valence-electron chi connectivity index (χ2n) is 6.08. The Balaban J connectivity index is 2.86. The summed E-state index contributed by atoms with van der Waals surface area (Å²) in [6.45, 7) is 9.86. The first kappa shape index (κ1) is 14.8. The number of phenolic OH excluding ortho intramolecular Hbond substituents is 1. The lowest BCUT2D eigenvalue weighted by atomic mass is 9.95. The van der Waals surface area contributed by atoms with E-state index in [-0.39, 0.29) is 11.2 Å². The van der Waals surface area contributed by atoms with Crippen LogP contribution in [0.25, 0.3) is 0 Å². The van der Waals surface area contributed by atoms with Crippen LogP contribution in [0.1, 0.15) is 39.3 Å². The van der Waals surface area contributed by atoms with Crippen molar-refractivity contribution in [3.63, 3.8) is 0 Å². The molecule has 3 heteroatoms. The standard InChI is InChI=1S/C15H25NO2/c1-11(16(5)10-15(2,3)4)12-7-8-13(17)14(9-12)18-6/h7-9,11,17H,10H2,1-6H3. The molecule has 0 bridgehead atoms. The molecule has 1 N–H and O–H groups in total. The fourth-order valence-corrected chi connectivity index (χ4v) is 2.09. The van der Waals surface area contributed by atoms with E-state index in [0.29, 0.717) is 11.8 Å². The average Bonchev–Trinajstić information content (AvgIpc) is 2.26. The predicted octanol–water partition coefficient (Wildman–Crippen LogP) is 3.44. The molecule has 1 atom stereocenters. The number of aromatic hydroxyl groups is 1. The van der Waals surface area contributed by atoms with Gasteiger partial charge in [-0.15, -0.1) is 0 Å². The van der Waals surface area contributed by atoms with Crippen molar-refractivity contribution in [2.75, 3.05) is 20.7 Å². The van der Waals surface area contributed by atoms with Crippen molar-refractivity contribution in [2.24, 2.45) is 5.41 Å². The van der Waals surface area contributed by atoms with Crippen LogP contribution >= 0.6 is 0 Å². The fraction of sp³-hybridized carbons (Fsp3) is 0.600. The molecule has 102 valence electrons. The van der Waals surface area contributed by atoms with Gasteiger partial charge in [-0.05, 0) is 37.1 Å². The van der Waals surface area contributed by atoms with Gasteiger partial charge in [0.1, 0.15) is 0 Å². The number of methoxy groups -OCH3 is 1. The second kappa shape index (κ2) is 5.61. The van der Waals surface area contributed by atoms with Crippen LogP contribution in [-0.2, 0) is 0 Å². The highest BCUT2D eigenvalue weighted by Gasteiger charge is 2.19. The smallest absolute Gasteiger partial charge is 0.160 e.